The summed E-state index contributed by atoms with van der Waals surface area (Å²) in [4.78, 5) is 41.3. The highest BCUT2D eigenvalue weighted by molar-refractivity contribution is 7.89. The number of nitrogens with one attached hydrogen (secondary N) is 2. The van der Waals surface area contributed by atoms with Crippen LogP contribution in [0.25, 0.3) is 0 Å². The number of nitrogens with zero attached hydrogens (tertiary/aromatic N) is 4. The number of terminal acetylenes is 1. The molecule has 1 saturated carbocycles. The molecule has 0 bridgehead atoms. The molecule has 4 rings (SSSR count). The normalized spacial score (nSPS) is 20.4. The lowest BCUT2D eigenvalue weighted by Gasteiger charge is -2.31. The summed E-state index contributed by atoms with van der Waals surface area (Å²) in [5.41, 5.74) is 5.08. The van der Waals surface area contributed by atoms with Gasteiger partial charge < -0.3 is 21.1 Å². The van der Waals surface area contributed by atoms with Crippen molar-refractivity contribution in [3.05, 3.63) is 41.7 Å². The van der Waals surface area contributed by atoms with E-state index >= 15 is 0 Å². The molecule has 1 aliphatic heterocycles. The van der Waals surface area contributed by atoms with Crippen LogP contribution in [0.15, 0.2) is 35.4 Å². The number of carbonyl (C=O) groups excluding carboxylic acids is 3. The number of carbonyl (C=O) groups is 3. The molecule has 2 aromatic rings. The predicted octanol–water partition coefficient (Wildman–Crippen LogP) is 0.813. The van der Waals surface area contributed by atoms with E-state index < -0.39 is 51.5 Å². The average molecular weight is 614 g/mol. The minimum Gasteiger partial charge on any atom is -0.384 e. The second-order valence-corrected chi connectivity index (χ2v) is 13.5. The molecule has 3 amide bonds. The van der Waals surface area contributed by atoms with Crippen LogP contribution >= 0.6 is 0 Å². The van der Waals surface area contributed by atoms with Gasteiger partial charge in [0.15, 0.2) is 0 Å². The molecule has 232 valence electrons. The summed E-state index contributed by atoms with van der Waals surface area (Å²) in [5.74, 6) is 0.739. The van der Waals surface area contributed by atoms with Crippen molar-refractivity contribution in [1.29, 1.82) is 0 Å². The van der Waals surface area contributed by atoms with Crippen molar-refractivity contribution in [3.63, 3.8) is 0 Å². The molecule has 0 radical (unpaired) electrons. The van der Waals surface area contributed by atoms with E-state index in [1.54, 1.807) is 13.8 Å². The Balaban J connectivity index is 1.57. The first-order valence-corrected chi connectivity index (χ1v) is 15.9. The van der Waals surface area contributed by atoms with E-state index in [1.165, 1.54) is 40.0 Å². The maximum Gasteiger partial charge on any atom is 0.251 e. The topological polar surface area (TPSA) is 190 Å². The van der Waals surface area contributed by atoms with Crippen LogP contribution in [0, 0.1) is 18.3 Å². The van der Waals surface area contributed by atoms with E-state index in [9.17, 15) is 27.9 Å². The first kappa shape index (κ1) is 32.1. The molecule has 2 aliphatic rings. The Hall–Kier alpha value is -3.80. The molecule has 1 saturated heterocycles. The summed E-state index contributed by atoms with van der Waals surface area (Å²) in [5, 5.41) is 21.5. The summed E-state index contributed by atoms with van der Waals surface area (Å²) in [6.45, 7) is 3.11. The van der Waals surface area contributed by atoms with E-state index in [0.717, 1.165) is 32.1 Å². The number of amides is 3. The number of rotatable bonds is 11. The van der Waals surface area contributed by atoms with Crippen molar-refractivity contribution < 1.29 is 27.9 Å². The van der Waals surface area contributed by atoms with Crippen molar-refractivity contribution in [2.24, 2.45) is 11.7 Å². The van der Waals surface area contributed by atoms with Crippen LogP contribution in [0.3, 0.4) is 0 Å². The van der Waals surface area contributed by atoms with Crippen LogP contribution in [-0.4, -0.2) is 76.3 Å². The van der Waals surface area contributed by atoms with Gasteiger partial charge in [0.2, 0.25) is 21.8 Å². The second kappa shape index (κ2) is 13.2. The Kier molecular flexibility index (Phi) is 9.89. The summed E-state index contributed by atoms with van der Waals surface area (Å²) < 4.78 is 28.5. The molecule has 43 heavy (non-hydrogen) atoms. The van der Waals surface area contributed by atoms with Gasteiger partial charge in [-0.3, -0.25) is 14.4 Å². The summed E-state index contributed by atoms with van der Waals surface area (Å²) in [6.07, 6.45) is 12.2. The van der Waals surface area contributed by atoms with Gasteiger partial charge in [0.25, 0.3) is 5.91 Å². The number of benzene rings is 1. The number of hydrogen-bond acceptors (Lipinski definition) is 8. The largest absolute Gasteiger partial charge is 0.384 e. The molecule has 2 fully saturated rings. The SMILES string of the molecule is C#CCNS(=O)(=O)c1ccc(C(=O)N[C@H](CC2CCCCC2)C(=O)N2CC(n3nncc3C(C)(C)O)CC2C(N)=O)cc1. The molecule has 13 nitrogen and oxygen atoms in total. The van der Waals surface area contributed by atoms with Gasteiger partial charge in [-0.25, -0.2) is 13.1 Å². The smallest absolute Gasteiger partial charge is 0.251 e. The Morgan fingerprint density at radius 3 is 2.47 bits per heavy atom. The average Bonchev–Trinajstić information content (AvgIpc) is 3.64. The molecular formula is C29H39N7O6S. The molecule has 14 heteroatoms. The molecule has 5 N–H and O–H groups in total. The van der Waals surface area contributed by atoms with Crippen molar-refractivity contribution >= 4 is 27.7 Å². The van der Waals surface area contributed by atoms with Crippen molar-refractivity contribution in [1.82, 2.24) is 29.9 Å². The van der Waals surface area contributed by atoms with Crippen LogP contribution in [0.5, 0.6) is 0 Å². The predicted molar refractivity (Wildman–Crippen MR) is 157 cm³/mol. The molecule has 2 heterocycles. The Morgan fingerprint density at radius 1 is 1.19 bits per heavy atom. The quantitative estimate of drug-likeness (QED) is 0.268. The molecule has 1 aromatic carbocycles. The highest BCUT2D eigenvalue weighted by Crippen LogP contribution is 2.33. The van der Waals surface area contributed by atoms with Crippen LogP contribution in [0.4, 0.5) is 0 Å². The van der Waals surface area contributed by atoms with E-state index in [2.05, 4.69) is 26.3 Å². The lowest BCUT2D eigenvalue weighted by molar-refractivity contribution is -0.139. The van der Waals surface area contributed by atoms with Crippen LogP contribution < -0.4 is 15.8 Å². The summed E-state index contributed by atoms with van der Waals surface area (Å²) in [7, 11) is -3.84. The number of sulfonamides is 1. The molecule has 3 atom stereocenters. The number of primary amides is 1. The van der Waals surface area contributed by atoms with Crippen LogP contribution in [0.1, 0.15) is 80.9 Å². The van der Waals surface area contributed by atoms with Gasteiger partial charge in [-0.2, -0.15) is 4.72 Å². The zero-order chi connectivity index (χ0) is 31.4. The van der Waals surface area contributed by atoms with Crippen molar-refractivity contribution in [3.8, 4) is 12.3 Å². The Bertz CT molecular complexity index is 1470. The van der Waals surface area contributed by atoms with Gasteiger partial charge in [-0.05, 0) is 50.5 Å². The third-order valence-electron chi connectivity index (χ3n) is 8.13. The lowest BCUT2D eigenvalue weighted by Crippen LogP contribution is -2.53. The van der Waals surface area contributed by atoms with Crippen LogP contribution in [0.2, 0.25) is 0 Å². The maximum atomic E-state index is 14.1. The van der Waals surface area contributed by atoms with Gasteiger partial charge in [0.05, 0.1) is 29.4 Å². The molecule has 2 unspecified atom stereocenters. The lowest BCUT2D eigenvalue weighted by atomic mass is 9.84. The zero-order valence-electron chi connectivity index (χ0n) is 24.4. The molecule has 1 aromatic heterocycles. The van der Waals surface area contributed by atoms with E-state index in [4.69, 9.17) is 12.2 Å². The van der Waals surface area contributed by atoms with Gasteiger partial charge >= 0.3 is 0 Å². The highest BCUT2D eigenvalue weighted by atomic mass is 32.2. The zero-order valence-corrected chi connectivity index (χ0v) is 25.2. The van der Waals surface area contributed by atoms with Crippen molar-refractivity contribution in [2.45, 2.75) is 87.4 Å². The Morgan fingerprint density at radius 2 is 1.86 bits per heavy atom. The standard InChI is InChI=1S/C29H39N7O6S/c1-4-14-32-43(41,42)22-12-10-20(11-13-22)27(38)33-23(15-19-8-6-5-7-9-19)28(39)35-18-21(16-24(35)26(30)37)36-25(17-31-34-36)29(2,3)40/h1,10-13,17,19,21,23-24,32,40H,5-9,14-16,18H2,2-3H3,(H2,30,37)(H,33,38)/t21?,23-,24?/m1/s1. The van der Waals surface area contributed by atoms with Gasteiger partial charge in [0.1, 0.15) is 17.7 Å². The number of likely N-dealkylation sites (tertiary alicyclic amines) is 1. The van der Waals surface area contributed by atoms with E-state index in [0.29, 0.717) is 12.1 Å². The first-order chi connectivity index (χ1) is 20.3. The van der Waals surface area contributed by atoms with Gasteiger partial charge in [-0.1, -0.05) is 43.2 Å². The molecular weight excluding hydrogens is 574 g/mol. The summed E-state index contributed by atoms with van der Waals surface area (Å²) >= 11 is 0. The highest BCUT2D eigenvalue weighted by Gasteiger charge is 2.44. The number of aromatic nitrogens is 3. The van der Waals surface area contributed by atoms with Gasteiger partial charge in [-0.15, -0.1) is 11.5 Å². The van der Waals surface area contributed by atoms with Crippen LogP contribution in [-0.2, 0) is 25.2 Å². The van der Waals surface area contributed by atoms with E-state index in [1.807, 2.05) is 0 Å². The van der Waals surface area contributed by atoms with Gasteiger partial charge in [0, 0.05) is 18.5 Å². The minimum absolute atomic E-state index is 0.0555. The molecule has 1 aliphatic carbocycles. The minimum atomic E-state index is -3.84. The number of hydrogen-bond donors (Lipinski definition) is 4. The third kappa shape index (κ3) is 7.59. The number of nitrogens with two attached hydrogens (primary N) is 1. The number of aliphatic hydroxyl groups is 1. The maximum absolute atomic E-state index is 14.1. The second-order valence-electron chi connectivity index (χ2n) is 11.7. The fraction of sp³-hybridized carbons (Fsp3) is 0.552. The first-order valence-electron chi connectivity index (χ1n) is 14.4. The van der Waals surface area contributed by atoms with Crippen molar-refractivity contribution in [2.75, 3.05) is 13.1 Å². The summed E-state index contributed by atoms with van der Waals surface area (Å²) in [6, 6.07) is 2.96. The third-order valence-corrected chi connectivity index (χ3v) is 9.54. The van der Waals surface area contributed by atoms with E-state index in [-0.39, 0.29) is 35.9 Å². The monoisotopic (exact) mass is 613 g/mol. The fourth-order valence-electron chi connectivity index (χ4n) is 5.88. The fourth-order valence-corrected chi connectivity index (χ4v) is 6.82. The molecule has 0 spiro atoms. The Labute approximate surface area is 251 Å².